The lowest BCUT2D eigenvalue weighted by atomic mass is 10.1. The fourth-order valence-electron chi connectivity index (χ4n) is 5.24. The van der Waals surface area contributed by atoms with Gasteiger partial charge in [-0.25, -0.2) is 14.2 Å². The molecule has 0 bridgehead atoms. The third-order valence-electron chi connectivity index (χ3n) is 7.23. The third kappa shape index (κ3) is 4.85. The number of benzene rings is 2. The molecule has 2 aromatic carbocycles. The number of aromatic nitrogens is 1. The lowest BCUT2D eigenvalue weighted by Gasteiger charge is -2.33. The molecule has 2 aromatic heterocycles. The van der Waals surface area contributed by atoms with Gasteiger partial charge >= 0.3 is 6.03 Å². The number of nitrogens with zero attached hydrogens (tertiary/aromatic N) is 3. The van der Waals surface area contributed by atoms with Crippen molar-refractivity contribution < 1.29 is 28.6 Å². The molecule has 4 heterocycles. The average Bonchev–Trinajstić information content (AvgIpc) is 3.36. The Kier molecular flexibility index (Phi) is 7.01. The van der Waals surface area contributed by atoms with E-state index in [1.54, 1.807) is 49.5 Å². The van der Waals surface area contributed by atoms with E-state index in [0.717, 1.165) is 11.3 Å². The second-order valence-corrected chi connectivity index (χ2v) is 10.8. The normalized spacial score (nSPS) is 16.5. The van der Waals surface area contributed by atoms with E-state index in [2.05, 4.69) is 15.6 Å². The van der Waals surface area contributed by atoms with E-state index in [4.69, 9.17) is 4.74 Å². The predicted octanol–water partition coefficient (Wildman–Crippen LogP) is 4.93. The average molecular weight is 576 g/mol. The van der Waals surface area contributed by atoms with Gasteiger partial charge in [-0.1, -0.05) is 18.2 Å². The van der Waals surface area contributed by atoms with Crippen LogP contribution in [0.2, 0.25) is 0 Å². The molecule has 2 aliphatic rings. The second-order valence-electron chi connectivity index (χ2n) is 9.83. The topological polar surface area (TPSA) is 124 Å². The molecule has 1 fully saturated rings. The molecule has 2 aliphatic heterocycles. The van der Waals surface area contributed by atoms with Crippen molar-refractivity contribution in [1.29, 1.82) is 0 Å². The van der Waals surface area contributed by atoms with Gasteiger partial charge in [-0.15, -0.1) is 11.3 Å². The van der Waals surface area contributed by atoms with Crippen molar-refractivity contribution >= 4 is 56.5 Å². The van der Waals surface area contributed by atoms with Gasteiger partial charge < -0.3 is 25.4 Å². The van der Waals surface area contributed by atoms with E-state index in [1.807, 2.05) is 6.07 Å². The zero-order valence-corrected chi connectivity index (χ0v) is 22.8. The van der Waals surface area contributed by atoms with Crippen LogP contribution in [0.4, 0.5) is 26.2 Å². The van der Waals surface area contributed by atoms with Crippen LogP contribution < -0.4 is 20.3 Å². The van der Waals surface area contributed by atoms with Crippen molar-refractivity contribution in [1.82, 2.24) is 15.2 Å². The van der Waals surface area contributed by atoms with Crippen LogP contribution in [-0.4, -0.2) is 58.6 Å². The summed E-state index contributed by atoms with van der Waals surface area (Å²) < 4.78 is 21.2. The van der Waals surface area contributed by atoms with E-state index in [1.165, 1.54) is 15.9 Å². The smallest absolute Gasteiger partial charge is 0.331 e. The maximum absolute atomic E-state index is 15.5. The molecule has 0 spiro atoms. The number of piperidine rings is 1. The molecular formula is C29H26FN5O5S. The van der Waals surface area contributed by atoms with Crippen LogP contribution in [-0.2, 0) is 4.79 Å². The molecule has 210 valence electrons. The first-order valence-electron chi connectivity index (χ1n) is 13.1. The highest BCUT2D eigenvalue weighted by molar-refractivity contribution is 7.21. The van der Waals surface area contributed by atoms with Crippen molar-refractivity contribution in [2.24, 2.45) is 0 Å². The van der Waals surface area contributed by atoms with Gasteiger partial charge in [0.15, 0.2) is 11.6 Å². The lowest BCUT2D eigenvalue weighted by molar-refractivity contribution is -0.135. The molecular weight excluding hydrogens is 549 g/mol. The van der Waals surface area contributed by atoms with Crippen LogP contribution >= 0.6 is 11.3 Å². The van der Waals surface area contributed by atoms with Gasteiger partial charge in [-0.2, -0.15) is 0 Å². The number of carbonyl (C=O) groups excluding carboxylic acids is 3. The monoisotopic (exact) mass is 575 g/mol. The van der Waals surface area contributed by atoms with Crippen molar-refractivity contribution in [3.05, 3.63) is 71.0 Å². The van der Waals surface area contributed by atoms with Gasteiger partial charge in [0.1, 0.15) is 22.1 Å². The quantitative estimate of drug-likeness (QED) is 0.300. The van der Waals surface area contributed by atoms with Crippen molar-refractivity contribution in [3.8, 4) is 11.5 Å². The zero-order valence-electron chi connectivity index (χ0n) is 22.0. The number of pyridine rings is 1. The standard InChI is InChI=1S/C29H26FN5O5S/c1-16-19(9-10-21(24(16)30)40-18-7-3-2-4-8-18)35-20-11-12-31-28-23(20)25(33-29(35)39)26(41-28)27(38)32-17-6-5-13-34(14-17)22(37)15-36/h2-4,7-12,17,36H,5-6,13-15H2,1H3,(H,32,38)(H,33,39)/t17-/m1/s1. The molecule has 0 unspecified atom stereocenters. The van der Waals surface area contributed by atoms with Crippen molar-refractivity contribution in [3.63, 3.8) is 0 Å². The molecule has 1 atom stereocenters. The van der Waals surface area contributed by atoms with E-state index in [9.17, 15) is 19.5 Å². The summed E-state index contributed by atoms with van der Waals surface area (Å²) >= 11 is 1.14. The molecule has 4 amide bonds. The van der Waals surface area contributed by atoms with Crippen molar-refractivity contribution in [2.45, 2.75) is 25.8 Å². The Bertz CT molecular complexity index is 1680. The summed E-state index contributed by atoms with van der Waals surface area (Å²) in [4.78, 5) is 47.0. The summed E-state index contributed by atoms with van der Waals surface area (Å²) in [6.45, 7) is 1.82. The second kappa shape index (κ2) is 10.8. The van der Waals surface area contributed by atoms with Gasteiger partial charge in [0.05, 0.1) is 22.4 Å². The number of thiophene rings is 1. The van der Waals surface area contributed by atoms with E-state index >= 15 is 4.39 Å². The number of aliphatic hydroxyl groups is 1. The number of carbonyl (C=O) groups is 3. The zero-order chi connectivity index (χ0) is 28.7. The molecule has 12 heteroatoms. The van der Waals surface area contributed by atoms with Crippen molar-refractivity contribution in [2.75, 3.05) is 29.9 Å². The molecule has 3 N–H and O–H groups in total. The first-order valence-corrected chi connectivity index (χ1v) is 13.9. The van der Waals surface area contributed by atoms with E-state index in [-0.39, 0.29) is 28.1 Å². The van der Waals surface area contributed by atoms with Crippen LogP contribution in [0, 0.1) is 12.7 Å². The molecule has 0 radical (unpaired) electrons. The van der Waals surface area contributed by atoms with Gasteiger partial charge in [0.2, 0.25) is 5.91 Å². The summed E-state index contributed by atoms with van der Waals surface area (Å²) in [5, 5.41) is 15.6. The molecule has 41 heavy (non-hydrogen) atoms. The minimum atomic E-state index is -0.596. The maximum atomic E-state index is 15.5. The molecule has 4 aromatic rings. The van der Waals surface area contributed by atoms with Crippen LogP contribution in [0.25, 0.3) is 10.2 Å². The molecule has 10 nitrogen and oxygen atoms in total. The number of amides is 4. The number of aliphatic hydroxyl groups excluding tert-OH is 1. The molecule has 6 rings (SSSR count). The first kappa shape index (κ1) is 26.7. The predicted molar refractivity (Wildman–Crippen MR) is 153 cm³/mol. The third-order valence-corrected chi connectivity index (χ3v) is 8.33. The van der Waals surface area contributed by atoms with Gasteiger partial charge in [-0.3, -0.25) is 14.5 Å². The molecule has 0 saturated carbocycles. The Labute approximate surface area is 238 Å². The highest BCUT2D eigenvalue weighted by Gasteiger charge is 2.35. The summed E-state index contributed by atoms with van der Waals surface area (Å²) in [6.07, 6.45) is 2.92. The Hall–Kier alpha value is -4.55. The van der Waals surface area contributed by atoms with Gasteiger partial charge in [-0.05, 0) is 50.1 Å². The Morgan fingerprint density at radius 2 is 2.00 bits per heavy atom. The minimum absolute atomic E-state index is 0.0342. The van der Waals surface area contributed by atoms with E-state index in [0.29, 0.717) is 59.0 Å². The maximum Gasteiger partial charge on any atom is 0.331 e. The number of rotatable bonds is 6. The number of anilines is 3. The summed E-state index contributed by atoms with van der Waals surface area (Å²) in [6, 6.07) is 12.8. The Morgan fingerprint density at radius 1 is 1.20 bits per heavy atom. The van der Waals surface area contributed by atoms with Crippen LogP contribution in [0.5, 0.6) is 11.5 Å². The number of hydrogen-bond donors (Lipinski definition) is 3. The fourth-order valence-corrected chi connectivity index (χ4v) is 6.26. The first-order chi connectivity index (χ1) is 19.9. The largest absolute Gasteiger partial charge is 0.454 e. The van der Waals surface area contributed by atoms with Gasteiger partial charge in [0.25, 0.3) is 5.91 Å². The number of para-hydroxylation sites is 1. The fraction of sp³-hybridized carbons (Fsp3) is 0.241. The van der Waals surface area contributed by atoms with Gasteiger partial charge in [0, 0.05) is 30.9 Å². The Morgan fingerprint density at radius 3 is 2.78 bits per heavy atom. The van der Waals surface area contributed by atoms with E-state index < -0.39 is 24.4 Å². The van der Waals surface area contributed by atoms with Crippen LogP contribution in [0.1, 0.15) is 28.1 Å². The molecule has 0 aliphatic carbocycles. The number of hydrogen-bond acceptors (Lipinski definition) is 7. The number of urea groups is 1. The lowest BCUT2D eigenvalue weighted by Crippen LogP contribution is -2.50. The summed E-state index contributed by atoms with van der Waals surface area (Å²) in [5.41, 5.74) is 1.36. The van der Waals surface area contributed by atoms with Crippen LogP contribution in [0.3, 0.4) is 0 Å². The number of likely N-dealkylation sites (tertiary alicyclic amines) is 1. The van der Waals surface area contributed by atoms with Crippen LogP contribution in [0.15, 0.2) is 54.7 Å². The highest BCUT2D eigenvalue weighted by atomic mass is 32.1. The summed E-state index contributed by atoms with van der Waals surface area (Å²) in [5.74, 6) is -0.849. The Balaban J connectivity index is 1.31. The molecule has 1 saturated heterocycles. The number of halogens is 1. The summed E-state index contributed by atoms with van der Waals surface area (Å²) in [7, 11) is 0. The minimum Gasteiger partial charge on any atom is -0.454 e. The highest BCUT2D eigenvalue weighted by Crippen LogP contribution is 2.47. The number of ether oxygens (including phenoxy) is 1. The SMILES string of the molecule is Cc1c(N2C(=O)Nc3c(C(=O)N[C@@H]4CCCN(C(=O)CO)C4)sc4nccc2c34)ccc(Oc2ccccc2)c1F. The number of nitrogens with one attached hydrogen (secondary N) is 2.